The van der Waals surface area contributed by atoms with Crippen LogP contribution >= 0.6 is 0 Å². The van der Waals surface area contributed by atoms with Crippen molar-refractivity contribution in [3.8, 4) is 22.6 Å². The number of hydrogen-bond acceptors (Lipinski definition) is 5. The lowest BCUT2D eigenvalue weighted by Gasteiger charge is -2.13. The molecule has 0 aliphatic heterocycles. The Morgan fingerprint density at radius 2 is 1.71 bits per heavy atom. The van der Waals surface area contributed by atoms with E-state index in [0.717, 1.165) is 27.6 Å². The lowest BCUT2D eigenvalue weighted by atomic mass is 9.96. The Morgan fingerprint density at radius 1 is 1.00 bits per heavy atom. The lowest BCUT2D eigenvalue weighted by Crippen LogP contribution is -1.94. The van der Waals surface area contributed by atoms with Crippen LogP contribution in [0, 0.1) is 17.0 Å². The summed E-state index contributed by atoms with van der Waals surface area (Å²) in [5.41, 5.74) is 3.39. The van der Waals surface area contributed by atoms with E-state index in [-0.39, 0.29) is 5.69 Å². The van der Waals surface area contributed by atoms with E-state index < -0.39 is 4.92 Å². The zero-order valence-corrected chi connectivity index (χ0v) is 13.6. The number of ether oxygens (including phenoxy) is 2. The fourth-order valence-corrected chi connectivity index (χ4v) is 2.72. The van der Waals surface area contributed by atoms with Gasteiger partial charge in [0.15, 0.2) is 11.5 Å². The molecular formula is C18H16N2O4. The second-order valence-corrected chi connectivity index (χ2v) is 5.34. The van der Waals surface area contributed by atoms with Crippen LogP contribution in [-0.2, 0) is 0 Å². The fourth-order valence-electron chi connectivity index (χ4n) is 2.72. The van der Waals surface area contributed by atoms with Crippen molar-refractivity contribution in [3.63, 3.8) is 0 Å². The van der Waals surface area contributed by atoms with Crippen LogP contribution in [0.15, 0.2) is 42.6 Å². The number of nitrogens with zero attached hydrogens (tertiary/aromatic N) is 2. The van der Waals surface area contributed by atoms with E-state index in [9.17, 15) is 10.1 Å². The summed E-state index contributed by atoms with van der Waals surface area (Å²) in [6.07, 6.45) is 1.68. The van der Waals surface area contributed by atoms with Crippen molar-refractivity contribution in [1.82, 2.24) is 4.98 Å². The zero-order chi connectivity index (χ0) is 17.3. The second-order valence-electron chi connectivity index (χ2n) is 5.34. The lowest BCUT2D eigenvalue weighted by molar-refractivity contribution is -0.384. The Kier molecular flexibility index (Phi) is 4.04. The van der Waals surface area contributed by atoms with E-state index in [1.807, 2.05) is 19.1 Å². The maximum atomic E-state index is 11.1. The molecule has 0 unspecified atom stereocenters. The largest absolute Gasteiger partial charge is 0.493 e. The number of fused-ring (bicyclic) bond motifs is 1. The van der Waals surface area contributed by atoms with Gasteiger partial charge in [-0.05, 0) is 35.7 Å². The van der Waals surface area contributed by atoms with Gasteiger partial charge in [-0.2, -0.15) is 0 Å². The minimum absolute atomic E-state index is 0.0565. The van der Waals surface area contributed by atoms with Gasteiger partial charge in [0.2, 0.25) is 0 Å². The van der Waals surface area contributed by atoms with E-state index in [1.165, 1.54) is 6.07 Å². The molecule has 0 fully saturated rings. The molecule has 6 heteroatoms. The molecule has 6 nitrogen and oxygen atoms in total. The molecule has 0 radical (unpaired) electrons. The number of non-ortho nitro benzene ring substituents is 1. The molecule has 0 saturated carbocycles. The van der Waals surface area contributed by atoms with Crippen molar-refractivity contribution in [2.75, 3.05) is 14.2 Å². The Morgan fingerprint density at radius 3 is 2.38 bits per heavy atom. The second kappa shape index (κ2) is 6.16. The van der Waals surface area contributed by atoms with Crippen molar-refractivity contribution in [3.05, 3.63) is 58.3 Å². The molecule has 24 heavy (non-hydrogen) atoms. The molecule has 0 spiro atoms. The molecule has 0 atom stereocenters. The van der Waals surface area contributed by atoms with Crippen LogP contribution in [0.3, 0.4) is 0 Å². The summed E-state index contributed by atoms with van der Waals surface area (Å²) in [4.78, 5) is 15.1. The van der Waals surface area contributed by atoms with Crippen LogP contribution in [0.1, 0.15) is 5.56 Å². The summed E-state index contributed by atoms with van der Waals surface area (Å²) < 4.78 is 10.7. The first-order valence-electron chi connectivity index (χ1n) is 7.31. The average molecular weight is 324 g/mol. The molecule has 0 saturated heterocycles. The van der Waals surface area contributed by atoms with Crippen molar-refractivity contribution in [2.24, 2.45) is 0 Å². The maximum Gasteiger partial charge on any atom is 0.270 e. The first kappa shape index (κ1) is 15.7. The van der Waals surface area contributed by atoms with Crippen molar-refractivity contribution < 1.29 is 14.4 Å². The maximum absolute atomic E-state index is 11.1. The Bertz CT molecular complexity index is 938. The van der Waals surface area contributed by atoms with Gasteiger partial charge < -0.3 is 9.47 Å². The van der Waals surface area contributed by atoms with E-state index in [0.29, 0.717) is 11.5 Å². The summed E-state index contributed by atoms with van der Waals surface area (Å²) in [7, 11) is 3.14. The summed E-state index contributed by atoms with van der Waals surface area (Å²) in [5, 5.41) is 11.9. The molecule has 0 aliphatic carbocycles. The van der Waals surface area contributed by atoms with Crippen LogP contribution in [-0.4, -0.2) is 24.1 Å². The van der Waals surface area contributed by atoms with E-state index in [2.05, 4.69) is 4.98 Å². The van der Waals surface area contributed by atoms with Gasteiger partial charge in [-0.1, -0.05) is 6.07 Å². The van der Waals surface area contributed by atoms with Gasteiger partial charge in [0.05, 0.1) is 24.7 Å². The molecule has 0 aliphatic rings. The number of benzene rings is 2. The normalized spacial score (nSPS) is 10.6. The van der Waals surface area contributed by atoms with E-state index in [1.54, 1.807) is 38.6 Å². The number of hydrogen-bond donors (Lipinski definition) is 0. The monoisotopic (exact) mass is 324 g/mol. The molecule has 0 N–H and O–H groups in total. The summed E-state index contributed by atoms with van der Waals surface area (Å²) in [5.74, 6) is 1.17. The third-order valence-electron chi connectivity index (χ3n) is 3.97. The smallest absolute Gasteiger partial charge is 0.270 e. The number of pyridine rings is 1. The van der Waals surface area contributed by atoms with Crippen LogP contribution in [0.25, 0.3) is 22.0 Å². The fraction of sp³-hybridized carbons (Fsp3) is 0.167. The number of rotatable bonds is 4. The summed E-state index contributed by atoms with van der Waals surface area (Å²) in [6, 6.07) is 10.3. The highest BCUT2D eigenvalue weighted by molar-refractivity contribution is 5.97. The highest BCUT2D eigenvalue weighted by Gasteiger charge is 2.15. The van der Waals surface area contributed by atoms with Gasteiger partial charge in [0, 0.05) is 29.8 Å². The zero-order valence-electron chi connectivity index (χ0n) is 13.6. The molecule has 122 valence electrons. The molecule has 1 heterocycles. The topological polar surface area (TPSA) is 74.5 Å². The number of aromatic nitrogens is 1. The number of aryl methyl sites for hydroxylation is 1. The minimum Gasteiger partial charge on any atom is -0.493 e. The van der Waals surface area contributed by atoms with Gasteiger partial charge in [0.25, 0.3) is 5.69 Å². The SMILES string of the molecule is COc1cc2nccc(-c3cc([N+](=O)[O-])ccc3C)c2cc1OC. The van der Waals surface area contributed by atoms with Crippen LogP contribution < -0.4 is 9.47 Å². The van der Waals surface area contributed by atoms with Gasteiger partial charge in [-0.15, -0.1) is 0 Å². The number of nitro groups is 1. The molecular weight excluding hydrogens is 308 g/mol. The first-order valence-corrected chi connectivity index (χ1v) is 7.31. The minimum atomic E-state index is -0.393. The van der Waals surface area contributed by atoms with Gasteiger partial charge in [-0.25, -0.2) is 0 Å². The van der Waals surface area contributed by atoms with Crippen LogP contribution in [0.5, 0.6) is 11.5 Å². The molecule has 3 aromatic rings. The third-order valence-corrected chi connectivity index (χ3v) is 3.97. The third kappa shape index (κ3) is 2.62. The Balaban J connectivity index is 2.31. The van der Waals surface area contributed by atoms with Gasteiger partial charge in [-0.3, -0.25) is 15.1 Å². The Labute approximate surface area is 138 Å². The molecule has 1 aromatic heterocycles. The predicted molar refractivity (Wildman–Crippen MR) is 91.7 cm³/mol. The molecule has 0 amide bonds. The quantitative estimate of drug-likeness (QED) is 0.533. The first-order chi connectivity index (χ1) is 11.5. The average Bonchev–Trinajstić information content (AvgIpc) is 2.60. The van der Waals surface area contributed by atoms with Crippen LogP contribution in [0.2, 0.25) is 0 Å². The van der Waals surface area contributed by atoms with Gasteiger partial charge in [0.1, 0.15) is 0 Å². The standard InChI is InChI=1S/C18H16N2O4/c1-11-4-5-12(20(21)22)8-14(11)13-6-7-19-16-10-18(24-3)17(23-2)9-15(13)16/h4-10H,1-3H3. The number of nitro benzene ring substituents is 1. The summed E-state index contributed by atoms with van der Waals surface area (Å²) in [6.45, 7) is 1.92. The van der Waals surface area contributed by atoms with Crippen molar-refractivity contribution in [2.45, 2.75) is 6.92 Å². The molecule has 0 bridgehead atoms. The van der Waals surface area contributed by atoms with E-state index >= 15 is 0 Å². The summed E-state index contributed by atoms with van der Waals surface area (Å²) >= 11 is 0. The van der Waals surface area contributed by atoms with Crippen molar-refractivity contribution >= 4 is 16.6 Å². The molecule has 3 rings (SSSR count). The van der Waals surface area contributed by atoms with Gasteiger partial charge >= 0.3 is 0 Å². The Hall–Kier alpha value is -3.15. The highest BCUT2D eigenvalue weighted by Crippen LogP contribution is 2.37. The number of methoxy groups -OCH3 is 2. The van der Waals surface area contributed by atoms with E-state index in [4.69, 9.17) is 9.47 Å². The molecule has 2 aromatic carbocycles. The van der Waals surface area contributed by atoms with Crippen LogP contribution in [0.4, 0.5) is 5.69 Å². The predicted octanol–water partition coefficient (Wildman–Crippen LogP) is 4.14. The highest BCUT2D eigenvalue weighted by atomic mass is 16.6. The van der Waals surface area contributed by atoms with Crippen molar-refractivity contribution in [1.29, 1.82) is 0 Å².